The lowest BCUT2D eigenvalue weighted by atomic mass is 10.2. The molecule has 0 bridgehead atoms. The number of amides is 1. The second-order valence-corrected chi connectivity index (χ2v) is 8.95. The van der Waals surface area contributed by atoms with E-state index in [-0.39, 0.29) is 18.5 Å². The summed E-state index contributed by atoms with van der Waals surface area (Å²) in [5, 5.41) is 4.03. The summed E-state index contributed by atoms with van der Waals surface area (Å²) in [5.74, 6) is 2.18. The molecule has 0 aliphatic carbocycles. The molecule has 0 aliphatic heterocycles. The summed E-state index contributed by atoms with van der Waals surface area (Å²) in [7, 11) is 1.58. The fourth-order valence-corrected chi connectivity index (χ4v) is 3.88. The van der Waals surface area contributed by atoms with Crippen molar-refractivity contribution < 1.29 is 23.4 Å². The van der Waals surface area contributed by atoms with Gasteiger partial charge in [-0.2, -0.15) is 5.10 Å². The molecule has 0 unspecified atom stereocenters. The number of aromatic nitrogens is 1. The van der Waals surface area contributed by atoms with Crippen LogP contribution in [0.1, 0.15) is 53.5 Å². The van der Waals surface area contributed by atoms with Crippen LogP contribution in [0.3, 0.4) is 0 Å². The maximum absolute atomic E-state index is 12.5. The van der Waals surface area contributed by atoms with Crippen LogP contribution >= 0.6 is 0 Å². The summed E-state index contributed by atoms with van der Waals surface area (Å²) in [6.45, 7) is 8.40. The maximum Gasteiger partial charge on any atom is 0.307 e. The molecule has 198 valence electrons. The standard InChI is InChI=1S/C30H33N3O5/c1-6-22(4)37-27-15-9-23(17-29(27)35-5)18-31-32-30(34)28-16-14-26(38-28)19-36-25-12-10-24(11-13-25)33-20(2)7-8-21(33)3/h7-18,22H,6,19H2,1-5H3,(H,32,34)/b31-18+/t22-/m0/s1. The second kappa shape index (κ2) is 12.2. The largest absolute Gasteiger partial charge is 0.493 e. The summed E-state index contributed by atoms with van der Waals surface area (Å²) in [6.07, 6.45) is 2.50. The molecule has 0 radical (unpaired) electrons. The van der Waals surface area contributed by atoms with Crippen LogP contribution in [-0.2, 0) is 6.61 Å². The number of hydrogen-bond donors (Lipinski definition) is 1. The summed E-state index contributed by atoms with van der Waals surface area (Å²) in [6, 6.07) is 20.8. The molecule has 8 nitrogen and oxygen atoms in total. The van der Waals surface area contributed by atoms with Crippen LogP contribution in [0.2, 0.25) is 0 Å². The summed E-state index contributed by atoms with van der Waals surface area (Å²) in [4.78, 5) is 12.5. The Morgan fingerprint density at radius 2 is 1.76 bits per heavy atom. The number of hydrogen-bond acceptors (Lipinski definition) is 6. The molecule has 2 aromatic carbocycles. The minimum absolute atomic E-state index is 0.0793. The van der Waals surface area contributed by atoms with E-state index in [0.717, 1.165) is 17.7 Å². The third-order valence-corrected chi connectivity index (χ3v) is 6.10. The van der Waals surface area contributed by atoms with Gasteiger partial charge in [-0.05, 0) is 99.5 Å². The number of carbonyl (C=O) groups excluding carboxylic acids is 1. The molecule has 1 amide bonds. The van der Waals surface area contributed by atoms with Crippen molar-refractivity contribution in [2.45, 2.75) is 46.8 Å². The van der Waals surface area contributed by atoms with Crippen molar-refractivity contribution in [3.05, 3.63) is 95.2 Å². The number of rotatable bonds is 11. The van der Waals surface area contributed by atoms with Gasteiger partial charge in [-0.1, -0.05) is 6.92 Å². The molecule has 0 fully saturated rings. The molecule has 4 aromatic rings. The predicted molar refractivity (Wildman–Crippen MR) is 147 cm³/mol. The van der Waals surface area contributed by atoms with E-state index >= 15 is 0 Å². The fraction of sp³-hybridized carbons (Fsp3) is 0.267. The highest BCUT2D eigenvalue weighted by molar-refractivity contribution is 5.92. The molecular formula is C30H33N3O5. The first-order valence-corrected chi connectivity index (χ1v) is 12.5. The van der Waals surface area contributed by atoms with E-state index < -0.39 is 5.91 Å². The van der Waals surface area contributed by atoms with E-state index in [0.29, 0.717) is 23.0 Å². The van der Waals surface area contributed by atoms with Gasteiger partial charge in [0.05, 0.1) is 19.4 Å². The summed E-state index contributed by atoms with van der Waals surface area (Å²) >= 11 is 0. The van der Waals surface area contributed by atoms with E-state index in [4.69, 9.17) is 18.6 Å². The fourth-order valence-electron chi connectivity index (χ4n) is 3.88. The first kappa shape index (κ1) is 26.6. The molecule has 8 heteroatoms. The Hall–Kier alpha value is -4.46. The van der Waals surface area contributed by atoms with Gasteiger partial charge < -0.3 is 23.2 Å². The van der Waals surface area contributed by atoms with Crippen molar-refractivity contribution in [2.24, 2.45) is 5.10 Å². The Bertz CT molecular complexity index is 1380. The van der Waals surface area contributed by atoms with Crippen molar-refractivity contribution >= 4 is 12.1 Å². The predicted octanol–water partition coefficient (Wildman–Crippen LogP) is 6.22. The van der Waals surface area contributed by atoms with E-state index in [9.17, 15) is 4.79 Å². The van der Waals surface area contributed by atoms with Gasteiger partial charge in [-0.15, -0.1) is 0 Å². The monoisotopic (exact) mass is 515 g/mol. The Morgan fingerprint density at radius 1 is 1.03 bits per heavy atom. The van der Waals surface area contributed by atoms with Crippen molar-refractivity contribution in [2.75, 3.05) is 7.11 Å². The average Bonchev–Trinajstić information content (AvgIpc) is 3.54. The number of hydrazone groups is 1. The van der Waals surface area contributed by atoms with Crippen LogP contribution < -0.4 is 19.6 Å². The number of benzene rings is 2. The number of carbonyl (C=O) groups is 1. The molecule has 38 heavy (non-hydrogen) atoms. The number of methoxy groups -OCH3 is 1. The molecule has 4 rings (SSSR count). The van der Waals surface area contributed by atoms with Gasteiger partial charge in [0, 0.05) is 17.1 Å². The lowest BCUT2D eigenvalue weighted by Crippen LogP contribution is -2.16. The molecule has 1 atom stereocenters. The minimum Gasteiger partial charge on any atom is -0.493 e. The minimum atomic E-state index is -0.460. The zero-order chi connectivity index (χ0) is 27.1. The van der Waals surface area contributed by atoms with Crippen LogP contribution in [-0.4, -0.2) is 29.9 Å². The summed E-state index contributed by atoms with van der Waals surface area (Å²) < 4.78 is 24.9. The van der Waals surface area contributed by atoms with Crippen LogP contribution in [0.15, 0.2) is 76.2 Å². The number of furan rings is 1. The topological polar surface area (TPSA) is 87.2 Å². The van der Waals surface area contributed by atoms with Gasteiger partial charge in [-0.3, -0.25) is 4.79 Å². The Morgan fingerprint density at radius 3 is 2.45 bits per heavy atom. The van der Waals surface area contributed by atoms with E-state index in [1.54, 1.807) is 25.3 Å². The third kappa shape index (κ3) is 6.45. The highest BCUT2D eigenvalue weighted by Gasteiger charge is 2.12. The molecule has 0 spiro atoms. The molecule has 1 N–H and O–H groups in total. The van der Waals surface area contributed by atoms with Gasteiger partial charge >= 0.3 is 5.91 Å². The first-order valence-electron chi connectivity index (χ1n) is 12.5. The maximum atomic E-state index is 12.5. The zero-order valence-corrected chi connectivity index (χ0v) is 22.4. The number of aryl methyl sites for hydroxylation is 2. The van der Waals surface area contributed by atoms with E-state index in [2.05, 4.69) is 48.0 Å². The molecule has 0 saturated heterocycles. The third-order valence-electron chi connectivity index (χ3n) is 6.10. The lowest BCUT2D eigenvalue weighted by Gasteiger charge is -2.15. The Labute approximate surface area is 222 Å². The van der Waals surface area contributed by atoms with Crippen LogP contribution in [0, 0.1) is 13.8 Å². The Balaban J connectivity index is 1.30. The van der Waals surface area contributed by atoms with Gasteiger partial charge in [0.15, 0.2) is 17.3 Å². The average molecular weight is 516 g/mol. The SMILES string of the molecule is CC[C@H](C)Oc1ccc(/C=N/NC(=O)c2ccc(COc3ccc(-n4c(C)ccc4C)cc3)o2)cc1OC. The normalized spacial score (nSPS) is 11.9. The van der Waals surface area contributed by atoms with Crippen molar-refractivity contribution in [3.8, 4) is 22.9 Å². The van der Waals surface area contributed by atoms with E-state index in [1.165, 1.54) is 17.6 Å². The molecule has 0 saturated carbocycles. The van der Waals surface area contributed by atoms with E-state index in [1.807, 2.05) is 43.3 Å². The van der Waals surface area contributed by atoms with Gasteiger partial charge in [-0.25, -0.2) is 5.43 Å². The second-order valence-electron chi connectivity index (χ2n) is 8.95. The van der Waals surface area contributed by atoms with Gasteiger partial charge in [0.2, 0.25) is 0 Å². The molecule has 2 aromatic heterocycles. The van der Waals surface area contributed by atoms with Gasteiger partial charge in [0.1, 0.15) is 18.1 Å². The summed E-state index contributed by atoms with van der Waals surface area (Å²) in [5.41, 5.74) is 6.65. The quantitative estimate of drug-likeness (QED) is 0.189. The van der Waals surface area contributed by atoms with Crippen molar-refractivity contribution in [1.82, 2.24) is 9.99 Å². The Kier molecular flexibility index (Phi) is 8.53. The van der Waals surface area contributed by atoms with Crippen LogP contribution in [0.4, 0.5) is 0 Å². The lowest BCUT2D eigenvalue weighted by molar-refractivity contribution is 0.0923. The van der Waals surface area contributed by atoms with Crippen molar-refractivity contribution in [1.29, 1.82) is 0 Å². The number of ether oxygens (including phenoxy) is 3. The number of nitrogens with zero attached hydrogens (tertiary/aromatic N) is 2. The first-order chi connectivity index (χ1) is 18.4. The number of nitrogens with one attached hydrogen (secondary N) is 1. The molecule has 2 heterocycles. The van der Waals surface area contributed by atoms with Crippen LogP contribution in [0.25, 0.3) is 5.69 Å². The smallest absolute Gasteiger partial charge is 0.307 e. The van der Waals surface area contributed by atoms with Gasteiger partial charge in [0.25, 0.3) is 0 Å². The highest BCUT2D eigenvalue weighted by atomic mass is 16.5. The van der Waals surface area contributed by atoms with Crippen LogP contribution in [0.5, 0.6) is 17.2 Å². The zero-order valence-electron chi connectivity index (χ0n) is 22.4. The van der Waals surface area contributed by atoms with Crippen molar-refractivity contribution in [3.63, 3.8) is 0 Å². The highest BCUT2D eigenvalue weighted by Crippen LogP contribution is 2.29. The molecular weight excluding hydrogens is 482 g/mol. The molecule has 0 aliphatic rings.